The van der Waals surface area contributed by atoms with Crippen molar-refractivity contribution in [2.45, 2.75) is 26.7 Å². The third-order valence-electron chi connectivity index (χ3n) is 4.14. The van der Waals surface area contributed by atoms with E-state index in [1.807, 2.05) is 43.3 Å². The average molecular weight is 354 g/mol. The predicted molar refractivity (Wildman–Crippen MR) is 103 cm³/mol. The van der Waals surface area contributed by atoms with E-state index in [2.05, 4.69) is 34.3 Å². The lowest BCUT2D eigenvalue weighted by Gasteiger charge is -2.10. The number of aromatic nitrogens is 2. The minimum Gasteiger partial charge on any atom is -0.326 e. The van der Waals surface area contributed by atoms with Crippen LogP contribution in [0.2, 0.25) is 5.02 Å². The van der Waals surface area contributed by atoms with Gasteiger partial charge in [-0.3, -0.25) is 9.78 Å². The Bertz CT molecular complexity index is 915. The molecule has 0 aliphatic heterocycles. The van der Waals surface area contributed by atoms with E-state index in [1.165, 1.54) is 5.56 Å². The van der Waals surface area contributed by atoms with E-state index in [9.17, 15) is 4.79 Å². The van der Waals surface area contributed by atoms with Gasteiger partial charge in [0.25, 0.3) is 5.56 Å². The van der Waals surface area contributed by atoms with Crippen LogP contribution in [0.1, 0.15) is 29.3 Å². The van der Waals surface area contributed by atoms with Crippen LogP contribution in [0.4, 0.5) is 11.6 Å². The monoisotopic (exact) mass is 353 g/mol. The molecule has 0 amide bonds. The van der Waals surface area contributed by atoms with E-state index in [0.717, 1.165) is 17.7 Å². The van der Waals surface area contributed by atoms with Gasteiger partial charge in [-0.1, -0.05) is 42.8 Å². The molecular formula is C20H20ClN3O. The highest BCUT2D eigenvalue weighted by Gasteiger charge is 2.09. The predicted octanol–water partition coefficient (Wildman–Crippen LogP) is 4.63. The smallest absolute Gasteiger partial charge is 0.256 e. The van der Waals surface area contributed by atoms with Gasteiger partial charge >= 0.3 is 0 Å². The molecule has 0 radical (unpaired) electrons. The zero-order chi connectivity index (χ0) is 17.8. The number of hydrogen-bond acceptors (Lipinski definition) is 3. The molecule has 0 bridgehead atoms. The van der Waals surface area contributed by atoms with Crippen LogP contribution < -0.4 is 10.9 Å². The summed E-state index contributed by atoms with van der Waals surface area (Å²) in [5, 5.41) is 3.83. The van der Waals surface area contributed by atoms with Crippen LogP contribution in [0, 0.1) is 6.92 Å². The number of hydrogen-bond donors (Lipinski definition) is 2. The average Bonchev–Trinajstić information content (AvgIpc) is 2.60. The van der Waals surface area contributed by atoms with Gasteiger partial charge in [0.05, 0.1) is 5.69 Å². The van der Waals surface area contributed by atoms with Gasteiger partial charge in [0.1, 0.15) is 0 Å². The van der Waals surface area contributed by atoms with Gasteiger partial charge in [-0.05, 0) is 48.7 Å². The topological polar surface area (TPSA) is 57.8 Å². The normalized spacial score (nSPS) is 10.7. The molecule has 0 atom stereocenters. The highest BCUT2D eigenvalue weighted by atomic mass is 35.5. The fourth-order valence-electron chi connectivity index (χ4n) is 2.64. The molecule has 0 aliphatic carbocycles. The van der Waals surface area contributed by atoms with Gasteiger partial charge < -0.3 is 5.32 Å². The summed E-state index contributed by atoms with van der Waals surface area (Å²) >= 11 is 5.91. The third-order valence-corrected chi connectivity index (χ3v) is 4.39. The van der Waals surface area contributed by atoms with Crippen molar-refractivity contribution in [3.05, 3.63) is 86.3 Å². The zero-order valence-corrected chi connectivity index (χ0v) is 15.0. The molecule has 1 aromatic heterocycles. The molecule has 5 heteroatoms. The maximum Gasteiger partial charge on any atom is 0.256 e. The Balaban J connectivity index is 1.81. The Labute approximate surface area is 151 Å². The Morgan fingerprint density at radius 1 is 1.04 bits per heavy atom. The summed E-state index contributed by atoms with van der Waals surface area (Å²) in [5.74, 6) is 0.451. The highest BCUT2D eigenvalue weighted by molar-refractivity contribution is 6.30. The summed E-state index contributed by atoms with van der Waals surface area (Å²) in [4.78, 5) is 19.8. The van der Waals surface area contributed by atoms with Crippen LogP contribution in [-0.2, 0) is 12.8 Å². The number of benzene rings is 2. The van der Waals surface area contributed by atoms with E-state index in [4.69, 9.17) is 11.6 Å². The first-order valence-corrected chi connectivity index (χ1v) is 8.63. The molecule has 2 aromatic carbocycles. The van der Waals surface area contributed by atoms with Crippen molar-refractivity contribution in [2.24, 2.45) is 0 Å². The maximum atomic E-state index is 12.5. The lowest BCUT2D eigenvalue weighted by molar-refractivity contribution is 0.985. The molecule has 4 nitrogen and oxygen atoms in total. The lowest BCUT2D eigenvalue weighted by Crippen LogP contribution is -2.18. The molecule has 0 fully saturated rings. The summed E-state index contributed by atoms with van der Waals surface area (Å²) in [5.41, 5.74) is 4.43. The number of aryl methyl sites for hydroxylation is 2. The minimum atomic E-state index is -0.130. The number of H-pyrrole nitrogens is 1. The minimum absolute atomic E-state index is 0.130. The van der Waals surface area contributed by atoms with Crippen LogP contribution in [0.3, 0.4) is 0 Å². The van der Waals surface area contributed by atoms with Crippen molar-refractivity contribution < 1.29 is 0 Å². The molecule has 0 saturated heterocycles. The van der Waals surface area contributed by atoms with Crippen LogP contribution in [0.25, 0.3) is 0 Å². The first kappa shape index (κ1) is 17.2. The standard InChI is InChI=1S/C20H20ClN3O/c1-3-14-6-10-17(11-7-14)23-20-22-13(2)18(19(25)24-20)12-15-4-8-16(21)9-5-15/h4-11H,3,12H2,1-2H3,(H2,22,23,24,25). The number of halogens is 1. The Kier molecular flexibility index (Phi) is 5.19. The van der Waals surface area contributed by atoms with Gasteiger partial charge in [-0.15, -0.1) is 0 Å². The second-order valence-corrected chi connectivity index (χ2v) is 6.39. The molecule has 3 aromatic rings. The number of rotatable bonds is 5. The van der Waals surface area contributed by atoms with Gasteiger partial charge in [0, 0.05) is 22.7 Å². The molecule has 128 valence electrons. The number of aromatic amines is 1. The van der Waals surface area contributed by atoms with E-state index >= 15 is 0 Å². The number of nitrogens with one attached hydrogen (secondary N) is 2. The van der Waals surface area contributed by atoms with Crippen LogP contribution in [0.15, 0.2) is 53.3 Å². The Hall–Kier alpha value is -2.59. The first-order chi connectivity index (χ1) is 12.0. The van der Waals surface area contributed by atoms with Crippen LogP contribution in [-0.4, -0.2) is 9.97 Å². The second-order valence-electron chi connectivity index (χ2n) is 5.96. The fraction of sp³-hybridized carbons (Fsp3) is 0.200. The van der Waals surface area contributed by atoms with Crippen molar-refractivity contribution in [2.75, 3.05) is 5.32 Å². The molecular weight excluding hydrogens is 334 g/mol. The summed E-state index contributed by atoms with van der Waals surface area (Å²) in [6.45, 7) is 3.97. The van der Waals surface area contributed by atoms with Crippen molar-refractivity contribution in [1.29, 1.82) is 0 Å². The van der Waals surface area contributed by atoms with E-state index < -0.39 is 0 Å². The second kappa shape index (κ2) is 7.53. The SMILES string of the molecule is CCc1ccc(Nc2nc(C)c(Cc3ccc(Cl)cc3)c(=O)[nH]2)cc1. The molecule has 25 heavy (non-hydrogen) atoms. The largest absolute Gasteiger partial charge is 0.326 e. The molecule has 2 N–H and O–H groups in total. The molecule has 1 heterocycles. The number of nitrogens with zero attached hydrogens (tertiary/aromatic N) is 1. The Morgan fingerprint density at radius 2 is 1.68 bits per heavy atom. The van der Waals surface area contributed by atoms with Crippen molar-refractivity contribution in [1.82, 2.24) is 9.97 Å². The number of anilines is 2. The molecule has 0 unspecified atom stereocenters. The molecule has 3 rings (SSSR count). The van der Waals surface area contributed by atoms with E-state index in [1.54, 1.807) is 0 Å². The lowest BCUT2D eigenvalue weighted by atomic mass is 10.1. The summed E-state index contributed by atoms with van der Waals surface area (Å²) < 4.78 is 0. The third kappa shape index (κ3) is 4.28. The zero-order valence-electron chi connectivity index (χ0n) is 14.3. The van der Waals surface area contributed by atoms with Crippen molar-refractivity contribution in [3.63, 3.8) is 0 Å². The highest BCUT2D eigenvalue weighted by Crippen LogP contribution is 2.16. The quantitative estimate of drug-likeness (QED) is 0.703. The van der Waals surface area contributed by atoms with Crippen LogP contribution >= 0.6 is 11.6 Å². The summed E-state index contributed by atoms with van der Waals surface area (Å²) in [6.07, 6.45) is 1.52. The van der Waals surface area contributed by atoms with Gasteiger partial charge in [-0.25, -0.2) is 4.98 Å². The van der Waals surface area contributed by atoms with Gasteiger partial charge in [-0.2, -0.15) is 0 Å². The van der Waals surface area contributed by atoms with E-state index in [-0.39, 0.29) is 5.56 Å². The fourth-order valence-corrected chi connectivity index (χ4v) is 2.77. The molecule has 0 aliphatic rings. The van der Waals surface area contributed by atoms with Gasteiger partial charge in [0.2, 0.25) is 5.95 Å². The first-order valence-electron chi connectivity index (χ1n) is 8.25. The summed E-state index contributed by atoms with van der Waals surface area (Å²) in [6, 6.07) is 15.6. The summed E-state index contributed by atoms with van der Waals surface area (Å²) in [7, 11) is 0. The van der Waals surface area contributed by atoms with Crippen molar-refractivity contribution >= 4 is 23.2 Å². The van der Waals surface area contributed by atoms with E-state index in [0.29, 0.717) is 28.6 Å². The maximum absolute atomic E-state index is 12.5. The van der Waals surface area contributed by atoms with Gasteiger partial charge in [0.15, 0.2) is 0 Å². The van der Waals surface area contributed by atoms with Crippen LogP contribution in [0.5, 0.6) is 0 Å². The Morgan fingerprint density at radius 3 is 2.28 bits per heavy atom. The molecule has 0 spiro atoms. The van der Waals surface area contributed by atoms with Crippen molar-refractivity contribution in [3.8, 4) is 0 Å². The molecule has 0 saturated carbocycles.